The van der Waals surface area contributed by atoms with Gasteiger partial charge in [-0.15, -0.1) is 0 Å². The molecule has 3 heteroatoms. The molecule has 0 aromatic heterocycles. The van der Waals surface area contributed by atoms with E-state index in [0.717, 1.165) is 11.0 Å². The van der Waals surface area contributed by atoms with E-state index in [0.29, 0.717) is 6.04 Å². The van der Waals surface area contributed by atoms with Crippen LogP contribution in [0.4, 0.5) is 0 Å². The molecule has 88 valence electrons. The molecule has 0 saturated heterocycles. The molecule has 0 saturated carbocycles. The Balaban J connectivity index is 2.37. The lowest BCUT2D eigenvalue weighted by Gasteiger charge is -2.23. The molecule has 2 atom stereocenters. The van der Waals surface area contributed by atoms with Crippen LogP contribution in [0.15, 0.2) is 11.6 Å². The molecule has 1 rings (SSSR count). The Kier molecular flexibility index (Phi) is 6.37. The molecule has 0 radical (unpaired) electrons. The first-order chi connectivity index (χ1) is 7.27. The number of nitrogens with one attached hydrogen (secondary N) is 1. The summed E-state index contributed by atoms with van der Waals surface area (Å²) in [5, 5.41) is 0.741. The first-order valence-electron chi connectivity index (χ1n) is 6.04. The van der Waals surface area contributed by atoms with Gasteiger partial charge in [0.15, 0.2) is 0 Å². The number of thioether (sulfide) groups is 1. The minimum Gasteiger partial charge on any atom is -0.271 e. The van der Waals surface area contributed by atoms with Crippen molar-refractivity contribution in [1.29, 1.82) is 0 Å². The summed E-state index contributed by atoms with van der Waals surface area (Å²) in [5.41, 5.74) is 4.49. The summed E-state index contributed by atoms with van der Waals surface area (Å²) in [6.45, 7) is 4.52. The summed E-state index contributed by atoms with van der Waals surface area (Å²) in [6.07, 6.45) is 8.76. The van der Waals surface area contributed by atoms with Crippen LogP contribution in [-0.2, 0) is 0 Å². The fourth-order valence-electron chi connectivity index (χ4n) is 1.82. The topological polar surface area (TPSA) is 38.0 Å². The SMILES string of the molecule is CCC(C)SCC(NN)C1=CCCCC1. The molecule has 2 nitrogen and oxygen atoms in total. The van der Waals surface area contributed by atoms with Gasteiger partial charge in [0.1, 0.15) is 0 Å². The zero-order valence-corrected chi connectivity index (χ0v) is 10.8. The molecule has 0 fully saturated rings. The van der Waals surface area contributed by atoms with Crippen LogP contribution in [0.1, 0.15) is 46.0 Å². The molecular weight excluding hydrogens is 204 g/mol. The summed E-state index contributed by atoms with van der Waals surface area (Å²) in [4.78, 5) is 0. The first-order valence-corrected chi connectivity index (χ1v) is 7.09. The first kappa shape index (κ1) is 13.1. The molecular formula is C12H24N2S. The highest BCUT2D eigenvalue weighted by atomic mass is 32.2. The third-order valence-corrected chi connectivity index (χ3v) is 4.53. The van der Waals surface area contributed by atoms with Gasteiger partial charge in [0.25, 0.3) is 0 Å². The molecule has 2 unspecified atom stereocenters. The van der Waals surface area contributed by atoms with E-state index in [9.17, 15) is 0 Å². The van der Waals surface area contributed by atoms with Crippen molar-refractivity contribution in [3.8, 4) is 0 Å². The van der Waals surface area contributed by atoms with Gasteiger partial charge in [0.2, 0.25) is 0 Å². The minimum atomic E-state index is 0.393. The lowest BCUT2D eigenvalue weighted by atomic mass is 9.95. The maximum atomic E-state index is 5.63. The van der Waals surface area contributed by atoms with Crippen molar-refractivity contribution in [2.75, 3.05) is 5.75 Å². The Labute approximate surface area is 98.0 Å². The maximum Gasteiger partial charge on any atom is 0.0510 e. The molecule has 0 bridgehead atoms. The van der Waals surface area contributed by atoms with E-state index in [1.54, 1.807) is 0 Å². The molecule has 15 heavy (non-hydrogen) atoms. The van der Waals surface area contributed by atoms with Gasteiger partial charge < -0.3 is 0 Å². The average Bonchev–Trinajstić information content (AvgIpc) is 2.31. The highest BCUT2D eigenvalue weighted by molar-refractivity contribution is 7.99. The van der Waals surface area contributed by atoms with Gasteiger partial charge in [0, 0.05) is 11.0 Å². The van der Waals surface area contributed by atoms with Crippen molar-refractivity contribution in [2.24, 2.45) is 5.84 Å². The van der Waals surface area contributed by atoms with Crippen LogP contribution < -0.4 is 11.3 Å². The minimum absolute atomic E-state index is 0.393. The molecule has 0 aliphatic heterocycles. The van der Waals surface area contributed by atoms with Gasteiger partial charge in [-0.2, -0.15) is 11.8 Å². The number of rotatable bonds is 6. The summed E-state index contributed by atoms with van der Waals surface area (Å²) < 4.78 is 0. The third-order valence-electron chi connectivity index (χ3n) is 3.10. The zero-order valence-electron chi connectivity index (χ0n) is 9.96. The van der Waals surface area contributed by atoms with E-state index in [2.05, 4.69) is 25.3 Å². The van der Waals surface area contributed by atoms with Crippen LogP contribution in [0.25, 0.3) is 0 Å². The van der Waals surface area contributed by atoms with Crippen LogP contribution in [0.2, 0.25) is 0 Å². The Morgan fingerprint density at radius 1 is 1.53 bits per heavy atom. The van der Waals surface area contributed by atoms with E-state index in [4.69, 9.17) is 5.84 Å². The lowest BCUT2D eigenvalue weighted by molar-refractivity contribution is 0.581. The van der Waals surface area contributed by atoms with Crippen LogP contribution in [0.5, 0.6) is 0 Å². The molecule has 0 aromatic rings. The Morgan fingerprint density at radius 2 is 2.33 bits per heavy atom. The molecule has 0 spiro atoms. The fourth-order valence-corrected chi connectivity index (χ4v) is 2.89. The Morgan fingerprint density at radius 3 is 2.87 bits per heavy atom. The zero-order chi connectivity index (χ0) is 11.1. The van der Waals surface area contributed by atoms with Gasteiger partial charge >= 0.3 is 0 Å². The molecule has 0 amide bonds. The number of allylic oxidation sites excluding steroid dienone is 1. The van der Waals surface area contributed by atoms with Gasteiger partial charge in [-0.1, -0.05) is 25.5 Å². The van der Waals surface area contributed by atoms with Crippen LogP contribution in [0, 0.1) is 0 Å². The highest BCUT2D eigenvalue weighted by Gasteiger charge is 2.15. The van der Waals surface area contributed by atoms with Crippen LogP contribution >= 0.6 is 11.8 Å². The summed E-state index contributed by atoms with van der Waals surface area (Å²) >= 11 is 2.02. The molecule has 1 aliphatic carbocycles. The lowest BCUT2D eigenvalue weighted by Crippen LogP contribution is -2.39. The van der Waals surface area contributed by atoms with E-state index in [-0.39, 0.29) is 0 Å². The number of hydrazine groups is 1. The van der Waals surface area contributed by atoms with Crippen molar-refractivity contribution in [3.05, 3.63) is 11.6 Å². The van der Waals surface area contributed by atoms with E-state index >= 15 is 0 Å². The smallest absolute Gasteiger partial charge is 0.0510 e. The fraction of sp³-hybridized carbons (Fsp3) is 0.833. The van der Waals surface area contributed by atoms with Gasteiger partial charge in [-0.25, -0.2) is 0 Å². The summed E-state index contributed by atoms with van der Waals surface area (Å²) in [5.74, 6) is 6.74. The third kappa shape index (κ3) is 4.58. The molecule has 0 heterocycles. The number of nitrogens with two attached hydrogens (primary N) is 1. The molecule has 3 N–H and O–H groups in total. The Bertz CT molecular complexity index is 204. The Hall–Kier alpha value is 0.0100. The van der Waals surface area contributed by atoms with Gasteiger partial charge in [-0.3, -0.25) is 11.3 Å². The quantitative estimate of drug-likeness (QED) is 0.417. The van der Waals surface area contributed by atoms with Crippen molar-refractivity contribution < 1.29 is 0 Å². The second-order valence-corrected chi connectivity index (χ2v) is 5.77. The predicted molar refractivity (Wildman–Crippen MR) is 69.9 cm³/mol. The van der Waals surface area contributed by atoms with Crippen molar-refractivity contribution in [2.45, 2.75) is 57.2 Å². The monoisotopic (exact) mass is 228 g/mol. The van der Waals surface area contributed by atoms with E-state index < -0.39 is 0 Å². The van der Waals surface area contributed by atoms with Crippen molar-refractivity contribution in [1.82, 2.24) is 5.43 Å². The predicted octanol–water partition coefficient (Wildman–Crippen LogP) is 2.85. The largest absolute Gasteiger partial charge is 0.271 e. The maximum absolute atomic E-state index is 5.63. The summed E-state index contributed by atoms with van der Waals surface area (Å²) in [7, 11) is 0. The van der Waals surface area contributed by atoms with Crippen LogP contribution in [-0.4, -0.2) is 17.0 Å². The highest BCUT2D eigenvalue weighted by Crippen LogP contribution is 2.24. The van der Waals surface area contributed by atoms with E-state index in [1.165, 1.54) is 37.7 Å². The van der Waals surface area contributed by atoms with Gasteiger partial charge in [0.05, 0.1) is 6.04 Å². The second-order valence-electron chi connectivity index (χ2n) is 4.30. The second kappa shape index (κ2) is 7.31. The molecule has 1 aliphatic rings. The van der Waals surface area contributed by atoms with E-state index in [1.807, 2.05) is 11.8 Å². The van der Waals surface area contributed by atoms with Crippen molar-refractivity contribution >= 4 is 11.8 Å². The number of hydrogen-bond acceptors (Lipinski definition) is 3. The normalized spacial score (nSPS) is 20.9. The van der Waals surface area contributed by atoms with Crippen molar-refractivity contribution in [3.63, 3.8) is 0 Å². The van der Waals surface area contributed by atoms with Gasteiger partial charge in [-0.05, 0) is 32.1 Å². The van der Waals surface area contributed by atoms with Crippen LogP contribution in [0.3, 0.4) is 0 Å². The standard InChI is InChI=1S/C12H24N2S/c1-3-10(2)15-9-12(14-13)11-7-5-4-6-8-11/h7,10,12,14H,3-6,8-9,13H2,1-2H3. The summed E-state index contributed by atoms with van der Waals surface area (Å²) in [6, 6.07) is 0.393. The molecule has 0 aromatic carbocycles. The number of hydrogen-bond donors (Lipinski definition) is 2. The average molecular weight is 228 g/mol.